The second kappa shape index (κ2) is 15.7. The third kappa shape index (κ3) is 7.72. The Hall–Kier alpha value is -4.39. The van der Waals surface area contributed by atoms with E-state index in [1.807, 2.05) is 55.8 Å². The molecular formula is C33H37ClN6O3. The molecule has 9 nitrogen and oxygen atoms in total. The van der Waals surface area contributed by atoms with Crippen LogP contribution in [0.25, 0.3) is 22.3 Å². The molecule has 1 aliphatic heterocycles. The Bertz CT molecular complexity index is 1560. The van der Waals surface area contributed by atoms with Gasteiger partial charge in [0.1, 0.15) is 23.9 Å². The molecule has 0 saturated carbocycles. The zero-order valence-corrected chi connectivity index (χ0v) is 25.6. The van der Waals surface area contributed by atoms with Crippen LogP contribution < -0.4 is 5.32 Å². The van der Waals surface area contributed by atoms with Crippen LogP contribution in [0.3, 0.4) is 0 Å². The first kappa shape index (κ1) is 31.5. The number of ether oxygens (including phenoxy) is 1. The molecule has 2 unspecified atom stereocenters. The maximum Gasteiger partial charge on any atom is 0.308 e. The summed E-state index contributed by atoms with van der Waals surface area (Å²) in [6.45, 7) is 10.8. The van der Waals surface area contributed by atoms with Crippen LogP contribution in [0, 0.1) is 12.0 Å². The summed E-state index contributed by atoms with van der Waals surface area (Å²) >= 11 is 5.71. The van der Waals surface area contributed by atoms with Crippen molar-refractivity contribution in [3.8, 4) is 23.3 Å². The van der Waals surface area contributed by atoms with Crippen molar-refractivity contribution in [3.05, 3.63) is 84.7 Å². The normalized spacial score (nSPS) is 15.0. The molecule has 4 aromatic rings. The lowest BCUT2D eigenvalue weighted by atomic mass is 10.0. The first-order valence-electron chi connectivity index (χ1n) is 14.6. The van der Waals surface area contributed by atoms with E-state index in [4.69, 9.17) is 26.0 Å². The van der Waals surface area contributed by atoms with Crippen LogP contribution in [-0.4, -0.2) is 50.1 Å². The van der Waals surface area contributed by atoms with Gasteiger partial charge in [0, 0.05) is 25.1 Å². The van der Waals surface area contributed by atoms with E-state index in [9.17, 15) is 4.79 Å². The molecule has 1 fully saturated rings. The summed E-state index contributed by atoms with van der Waals surface area (Å²) < 4.78 is 12.2. The standard InChI is InChI=1S/C31H31ClN6O3.C2H6/c1-3-5-18-40-31(41-32)35-29-27-28(24-15-13-23(14-16-24)19-22-10-7-6-8-11-22)36-38(30(27)34-21-33-29)25-12-9-17-37(20-25)26(39)4-2;1-2/h4,6-8,10-11,13-16,21,25,31H,2-3,9,12,17,19-20H2,1H3,(H,33,34,35);1-2H3. The molecular weight excluding hydrogens is 564 g/mol. The number of likely N-dealkylation sites (tertiary alicyclic amines) is 1. The minimum Gasteiger partial charge on any atom is -0.394 e. The van der Waals surface area contributed by atoms with Crippen LogP contribution in [0.2, 0.25) is 0 Å². The van der Waals surface area contributed by atoms with Gasteiger partial charge in [0.15, 0.2) is 5.65 Å². The van der Waals surface area contributed by atoms with E-state index in [-0.39, 0.29) is 11.9 Å². The number of carbonyl (C=O) groups is 1. The number of carbonyl (C=O) groups excluding carboxylic acids is 1. The Morgan fingerprint density at radius 1 is 1.16 bits per heavy atom. The maximum absolute atomic E-state index is 12.4. The fraction of sp³-hybridized carbons (Fsp3) is 0.333. The number of rotatable bonds is 9. The van der Waals surface area contributed by atoms with Gasteiger partial charge in [0.05, 0.1) is 23.3 Å². The quantitative estimate of drug-likeness (QED) is 0.130. The highest BCUT2D eigenvalue weighted by atomic mass is 35.5. The minimum atomic E-state index is -1.08. The van der Waals surface area contributed by atoms with E-state index < -0.39 is 6.41 Å². The predicted molar refractivity (Wildman–Crippen MR) is 170 cm³/mol. The van der Waals surface area contributed by atoms with E-state index in [1.54, 1.807) is 4.90 Å². The van der Waals surface area contributed by atoms with E-state index in [2.05, 4.69) is 58.2 Å². The van der Waals surface area contributed by atoms with Crippen LogP contribution in [0.4, 0.5) is 5.82 Å². The number of piperidine rings is 1. The summed E-state index contributed by atoms with van der Waals surface area (Å²) in [5, 5.41) is 8.81. The molecule has 0 spiro atoms. The molecule has 3 heterocycles. The lowest BCUT2D eigenvalue weighted by Gasteiger charge is -2.32. The number of hydrogen-bond acceptors (Lipinski definition) is 7. The topological polar surface area (TPSA) is 94.4 Å². The van der Waals surface area contributed by atoms with Gasteiger partial charge in [0.25, 0.3) is 0 Å². The third-order valence-corrected chi connectivity index (χ3v) is 7.11. The number of hydrogen-bond donors (Lipinski definition) is 1. The molecule has 0 radical (unpaired) electrons. The van der Waals surface area contributed by atoms with Gasteiger partial charge in [0.2, 0.25) is 5.91 Å². The highest BCUT2D eigenvalue weighted by molar-refractivity contribution is 6.07. The van der Waals surface area contributed by atoms with Gasteiger partial charge in [-0.25, -0.2) is 18.9 Å². The maximum atomic E-state index is 12.4. The molecule has 1 amide bonds. The van der Waals surface area contributed by atoms with Gasteiger partial charge in [-0.3, -0.25) is 4.79 Å². The highest BCUT2D eigenvalue weighted by Crippen LogP contribution is 2.35. The van der Waals surface area contributed by atoms with Crippen molar-refractivity contribution in [2.45, 2.75) is 58.9 Å². The summed E-state index contributed by atoms with van der Waals surface area (Å²) in [7, 11) is 0. The molecule has 1 saturated heterocycles. The number of halogens is 1. The summed E-state index contributed by atoms with van der Waals surface area (Å²) in [6.07, 6.45) is 7.44. The SMILES string of the molecule is C=CC(=O)N1CCCC(n2nc(-c3ccc(Cc4ccccc4)cc3)c3c(NC(OCl)OC#CCC)ncnc32)C1.CC. The smallest absolute Gasteiger partial charge is 0.308 e. The number of fused-ring (bicyclic) bond motifs is 1. The van der Waals surface area contributed by atoms with Crippen molar-refractivity contribution in [1.82, 2.24) is 24.6 Å². The largest absolute Gasteiger partial charge is 0.394 e. The van der Waals surface area contributed by atoms with Gasteiger partial charge >= 0.3 is 6.41 Å². The number of amides is 1. The molecule has 43 heavy (non-hydrogen) atoms. The molecule has 1 aliphatic rings. The number of benzene rings is 2. The average molecular weight is 601 g/mol. The Morgan fingerprint density at radius 3 is 2.60 bits per heavy atom. The summed E-state index contributed by atoms with van der Waals surface area (Å²) in [5.74, 6) is 3.16. The Labute approximate surface area is 258 Å². The Morgan fingerprint density at radius 2 is 1.91 bits per heavy atom. The fourth-order valence-electron chi connectivity index (χ4n) is 4.98. The van der Waals surface area contributed by atoms with Crippen molar-refractivity contribution >= 4 is 34.6 Å². The van der Waals surface area contributed by atoms with Gasteiger partial charge in [-0.15, -0.1) is 0 Å². The van der Waals surface area contributed by atoms with Crippen molar-refractivity contribution < 1.29 is 13.8 Å². The molecule has 2 aromatic heterocycles. The molecule has 2 aromatic carbocycles. The summed E-state index contributed by atoms with van der Waals surface area (Å²) in [6, 6.07) is 18.6. The monoisotopic (exact) mass is 600 g/mol. The van der Waals surface area contributed by atoms with E-state index in [1.165, 1.54) is 23.5 Å². The van der Waals surface area contributed by atoms with E-state index in [0.29, 0.717) is 42.1 Å². The average Bonchev–Trinajstić information content (AvgIpc) is 3.46. The molecule has 224 valence electrons. The third-order valence-electron chi connectivity index (χ3n) is 6.95. The Kier molecular flexibility index (Phi) is 11.5. The van der Waals surface area contributed by atoms with Crippen LogP contribution in [0.5, 0.6) is 0 Å². The second-order valence-corrected chi connectivity index (χ2v) is 9.85. The number of nitrogens with zero attached hydrogens (tertiary/aromatic N) is 5. The summed E-state index contributed by atoms with van der Waals surface area (Å²) in [4.78, 5) is 23.3. The van der Waals surface area contributed by atoms with Crippen LogP contribution in [0.15, 0.2) is 73.6 Å². The Balaban J connectivity index is 0.00000207. The van der Waals surface area contributed by atoms with Gasteiger partial charge < -0.3 is 15.0 Å². The van der Waals surface area contributed by atoms with Crippen molar-refractivity contribution in [2.24, 2.45) is 0 Å². The van der Waals surface area contributed by atoms with Gasteiger partial charge in [-0.05, 0) is 36.5 Å². The van der Waals surface area contributed by atoms with E-state index >= 15 is 0 Å². The fourth-order valence-corrected chi connectivity index (χ4v) is 5.06. The zero-order valence-electron chi connectivity index (χ0n) is 24.8. The number of anilines is 1. The zero-order chi connectivity index (χ0) is 30.6. The van der Waals surface area contributed by atoms with Crippen LogP contribution in [-0.2, 0) is 20.2 Å². The first-order valence-corrected chi connectivity index (χ1v) is 14.9. The second-order valence-electron chi connectivity index (χ2n) is 9.67. The number of nitrogens with one attached hydrogen (secondary N) is 1. The minimum absolute atomic E-state index is 0.0734. The lowest BCUT2D eigenvalue weighted by molar-refractivity contribution is -0.127. The van der Waals surface area contributed by atoms with E-state index in [0.717, 1.165) is 24.8 Å². The first-order chi connectivity index (χ1) is 21.1. The van der Waals surface area contributed by atoms with Crippen molar-refractivity contribution in [3.63, 3.8) is 0 Å². The van der Waals surface area contributed by atoms with Gasteiger partial charge in [-0.1, -0.05) is 87.9 Å². The van der Waals surface area contributed by atoms with Gasteiger partial charge in [-0.2, -0.15) is 5.10 Å². The molecule has 10 heteroatoms. The van der Waals surface area contributed by atoms with Crippen LogP contribution in [0.1, 0.15) is 57.2 Å². The number of aromatic nitrogens is 4. The van der Waals surface area contributed by atoms with Crippen molar-refractivity contribution in [1.29, 1.82) is 0 Å². The molecule has 0 bridgehead atoms. The van der Waals surface area contributed by atoms with Crippen molar-refractivity contribution in [2.75, 3.05) is 18.4 Å². The molecule has 2 atom stereocenters. The predicted octanol–water partition coefficient (Wildman–Crippen LogP) is 6.71. The molecule has 1 N–H and O–H groups in total. The molecule has 5 rings (SSSR count). The molecule has 0 aliphatic carbocycles. The summed E-state index contributed by atoms with van der Waals surface area (Å²) in [5.41, 5.74) is 4.63. The lowest BCUT2D eigenvalue weighted by Crippen LogP contribution is -2.40. The highest BCUT2D eigenvalue weighted by Gasteiger charge is 2.29. The van der Waals surface area contributed by atoms with Crippen LogP contribution >= 0.6 is 11.9 Å².